The molecule has 0 aromatic heterocycles. The summed E-state index contributed by atoms with van der Waals surface area (Å²) in [5, 5.41) is 0. The average Bonchev–Trinajstić information content (AvgIpc) is 2.63. The molecule has 2 N–H and O–H groups in total. The van der Waals surface area contributed by atoms with E-state index < -0.39 is 0 Å². The van der Waals surface area contributed by atoms with Crippen molar-refractivity contribution in [2.75, 3.05) is 13.3 Å². The van der Waals surface area contributed by atoms with Gasteiger partial charge in [0.2, 0.25) is 6.79 Å². The highest BCUT2D eigenvalue weighted by Crippen LogP contribution is 2.34. The molecular formula is C11H13NO3. The van der Waals surface area contributed by atoms with E-state index in [1.165, 1.54) is 0 Å². The van der Waals surface area contributed by atoms with Crippen LogP contribution in [0.3, 0.4) is 0 Å². The first-order chi connectivity index (χ1) is 7.22. The van der Waals surface area contributed by atoms with E-state index in [1.54, 1.807) is 6.07 Å². The van der Waals surface area contributed by atoms with E-state index in [-0.39, 0.29) is 12.6 Å². The maximum atomic E-state index is 11.7. The van der Waals surface area contributed by atoms with Gasteiger partial charge in [0.05, 0.1) is 0 Å². The van der Waals surface area contributed by atoms with Crippen LogP contribution in [0.15, 0.2) is 12.1 Å². The van der Waals surface area contributed by atoms with Crippen LogP contribution in [0.5, 0.6) is 11.5 Å². The lowest BCUT2D eigenvalue weighted by atomic mass is 10.0. The highest BCUT2D eigenvalue weighted by atomic mass is 16.7. The zero-order chi connectivity index (χ0) is 10.8. The third kappa shape index (κ3) is 1.80. The van der Waals surface area contributed by atoms with Gasteiger partial charge in [-0.1, -0.05) is 0 Å². The highest BCUT2D eigenvalue weighted by molar-refractivity contribution is 5.98. The zero-order valence-corrected chi connectivity index (χ0v) is 8.58. The van der Waals surface area contributed by atoms with Crippen molar-refractivity contribution in [2.24, 2.45) is 5.73 Å². The van der Waals surface area contributed by atoms with Crippen molar-refractivity contribution in [3.63, 3.8) is 0 Å². The van der Waals surface area contributed by atoms with Crippen molar-refractivity contribution in [1.29, 1.82) is 0 Å². The van der Waals surface area contributed by atoms with Crippen molar-refractivity contribution < 1.29 is 14.3 Å². The second kappa shape index (κ2) is 3.90. The third-order valence-corrected chi connectivity index (χ3v) is 2.39. The zero-order valence-electron chi connectivity index (χ0n) is 8.58. The minimum absolute atomic E-state index is 0.0494. The Labute approximate surface area is 88.0 Å². The predicted molar refractivity (Wildman–Crippen MR) is 55.3 cm³/mol. The van der Waals surface area contributed by atoms with E-state index in [0.29, 0.717) is 30.0 Å². The molecule has 80 valence electrons. The molecule has 2 rings (SSSR count). The Hall–Kier alpha value is -1.55. The minimum Gasteiger partial charge on any atom is -0.454 e. The molecule has 0 amide bonds. The summed E-state index contributed by atoms with van der Waals surface area (Å²) >= 11 is 0. The molecule has 0 aliphatic carbocycles. The van der Waals surface area contributed by atoms with Crippen LogP contribution < -0.4 is 15.2 Å². The van der Waals surface area contributed by atoms with Crippen LogP contribution in [0.2, 0.25) is 0 Å². The topological polar surface area (TPSA) is 61.6 Å². The molecular weight excluding hydrogens is 194 g/mol. The van der Waals surface area contributed by atoms with Crippen molar-refractivity contribution in [3.05, 3.63) is 23.3 Å². The first kappa shape index (κ1) is 9.98. The molecule has 15 heavy (non-hydrogen) atoms. The number of carbonyl (C=O) groups is 1. The van der Waals surface area contributed by atoms with E-state index in [2.05, 4.69) is 0 Å². The summed E-state index contributed by atoms with van der Waals surface area (Å²) in [7, 11) is 0. The third-order valence-electron chi connectivity index (χ3n) is 2.39. The number of carbonyl (C=O) groups excluding carboxylic acids is 1. The van der Waals surface area contributed by atoms with Gasteiger partial charge >= 0.3 is 0 Å². The molecule has 1 aliphatic rings. The second-order valence-electron chi connectivity index (χ2n) is 3.48. The number of benzene rings is 1. The summed E-state index contributed by atoms with van der Waals surface area (Å²) in [5.74, 6) is 1.39. The SMILES string of the molecule is Cc1cc2c(cc1C(=O)CCN)OCO2. The maximum absolute atomic E-state index is 11.7. The standard InChI is InChI=1S/C11H13NO3/c1-7-4-10-11(15-6-14-10)5-8(7)9(13)2-3-12/h4-5H,2-3,6,12H2,1H3. The van der Waals surface area contributed by atoms with E-state index in [1.807, 2.05) is 13.0 Å². The summed E-state index contributed by atoms with van der Waals surface area (Å²) < 4.78 is 10.4. The Morgan fingerprint density at radius 3 is 2.73 bits per heavy atom. The molecule has 1 aromatic rings. The Kier molecular flexibility index (Phi) is 2.60. The normalized spacial score (nSPS) is 12.9. The van der Waals surface area contributed by atoms with Crippen LogP contribution in [0.1, 0.15) is 22.3 Å². The summed E-state index contributed by atoms with van der Waals surface area (Å²) in [4.78, 5) is 11.7. The fourth-order valence-corrected chi connectivity index (χ4v) is 1.61. The van der Waals surface area contributed by atoms with Crippen LogP contribution >= 0.6 is 0 Å². The Morgan fingerprint density at radius 1 is 1.40 bits per heavy atom. The van der Waals surface area contributed by atoms with Gasteiger partial charge in [0, 0.05) is 12.0 Å². The number of hydrogen-bond acceptors (Lipinski definition) is 4. The Balaban J connectivity index is 2.36. The molecule has 0 radical (unpaired) electrons. The number of fused-ring (bicyclic) bond motifs is 1. The van der Waals surface area contributed by atoms with Crippen molar-refractivity contribution >= 4 is 5.78 Å². The number of Topliss-reactive ketones (excluding diaryl/α,β-unsaturated/α-hetero) is 1. The van der Waals surface area contributed by atoms with Crippen molar-refractivity contribution in [1.82, 2.24) is 0 Å². The predicted octanol–water partition coefficient (Wildman–Crippen LogP) is 1.26. The van der Waals surface area contributed by atoms with Crippen molar-refractivity contribution in [2.45, 2.75) is 13.3 Å². The van der Waals surface area contributed by atoms with E-state index in [0.717, 1.165) is 5.56 Å². The lowest BCUT2D eigenvalue weighted by Gasteiger charge is -2.05. The van der Waals surface area contributed by atoms with Gasteiger partial charge in [-0.2, -0.15) is 0 Å². The average molecular weight is 207 g/mol. The Morgan fingerprint density at radius 2 is 2.07 bits per heavy atom. The quantitative estimate of drug-likeness (QED) is 0.758. The summed E-state index contributed by atoms with van der Waals surface area (Å²) in [6.45, 7) is 2.47. The van der Waals surface area contributed by atoms with E-state index in [9.17, 15) is 4.79 Å². The number of aryl methyl sites for hydroxylation is 1. The molecule has 1 heterocycles. The smallest absolute Gasteiger partial charge is 0.231 e. The molecule has 0 unspecified atom stereocenters. The highest BCUT2D eigenvalue weighted by Gasteiger charge is 2.18. The summed E-state index contributed by atoms with van der Waals surface area (Å²) in [6, 6.07) is 3.56. The van der Waals surface area contributed by atoms with Crippen LogP contribution in [-0.2, 0) is 0 Å². The van der Waals surface area contributed by atoms with Crippen LogP contribution in [-0.4, -0.2) is 19.1 Å². The molecule has 1 aromatic carbocycles. The minimum atomic E-state index is 0.0494. The number of nitrogens with two attached hydrogens (primary N) is 1. The van der Waals surface area contributed by atoms with Crippen LogP contribution in [0.25, 0.3) is 0 Å². The van der Waals surface area contributed by atoms with Crippen LogP contribution in [0.4, 0.5) is 0 Å². The van der Waals surface area contributed by atoms with E-state index >= 15 is 0 Å². The van der Waals surface area contributed by atoms with Gasteiger partial charge in [0.15, 0.2) is 17.3 Å². The molecule has 0 spiro atoms. The van der Waals surface area contributed by atoms with Gasteiger partial charge in [0.25, 0.3) is 0 Å². The molecule has 4 heteroatoms. The molecule has 0 fully saturated rings. The van der Waals surface area contributed by atoms with Gasteiger partial charge in [-0.15, -0.1) is 0 Å². The van der Waals surface area contributed by atoms with E-state index in [4.69, 9.17) is 15.2 Å². The lowest BCUT2D eigenvalue weighted by Crippen LogP contribution is -2.09. The number of rotatable bonds is 3. The first-order valence-corrected chi connectivity index (χ1v) is 4.86. The van der Waals surface area contributed by atoms with Gasteiger partial charge in [-0.05, 0) is 31.2 Å². The molecule has 0 saturated carbocycles. The van der Waals surface area contributed by atoms with Gasteiger partial charge in [-0.3, -0.25) is 4.79 Å². The lowest BCUT2D eigenvalue weighted by molar-refractivity contribution is 0.0984. The molecule has 4 nitrogen and oxygen atoms in total. The van der Waals surface area contributed by atoms with Gasteiger partial charge in [-0.25, -0.2) is 0 Å². The largest absolute Gasteiger partial charge is 0.454 e. The monoisotopic (exact) mass is 207 g/mol. The summed E-state index contributed by atoms with van der Waals surface area (Å²) in [5.41, 5.74) is 6.92. The number of ketones is 1. The fraction of sp³-hybridized carbons (Fsp3) is 0.364. The second-order valence-corrected chi connectivity index (χ2v) is 3.48. The number of hydrogen-bond donors (Lipinski definition) is 1. The fourth-order valence-electron chi connectivity index (χ4n) is 1.61. The molecule has 0 bridgehead atoms. The summed E-state index contributed by atoms with van der Waals surface area (Å²) in [6.07, 6.45) is 0.362. The molecule has 0 atom stereocenters. The maximum Gasteiger partial charge on any atom is 0.231 e. The van der Waals surface area contributed by atoms with Crippen LogP contribution in [0, 0.1) is 6.92 Å². The number of ether oxygens (including phenoxy) is 2. The van der Waals surface area contributed by atoms with Crippen molar-refractivity contribution in [3.8, 4) is 11.5 Å². The van der Waals surface area contributed by atoms with Gasteiger partial charge < -0.3 is 15.2 Å². The molecule has 1 aliphatic heterocycles. The Bertz CT molecular complexity index is 401. The first-order valence-electron chi connectivity index (χ1n) is 4.86. The molecule has 0 saturated heterocycles. The van der Waals surface area contributed by atoms with Gasteiger partial charge in [0.1, 0.15) is 0 Å².